The summed E-state index contributed by atoms with van der Waals surface area (Å²) in [5, 5.41) is 9.31. The third-order valence-electron chi connectivity index (χ3n) is 3.82. The first-order valence-electron chi connectivity index (χ1n) is 6.85. The summed E-state index contributed by atoms with van der Waals surface area (Å²) in [6.45, 7) is 0.778. The van der Waals surface area contributed by atoms with Gasteiger partial charge in [-0.3, -0.25) is 9.69 Å². The zero-order chi connectivity index (χ0) is 13.9. The molecular weight excluding hydrogens is 250 g/mol. The quantitative estimate of drug-likeness (QED) is 0.847. The summed E-state index contributed by atoms with van der Waals surface area (Å²) >= 11 is 0. The number of carbonyl (C=O) groups is 1. The third kappa shape index (κ3) is 2.58. The van der Waals surface area contributed by atoms with Crippen LogP contribution in [-0.4, -0.2) is 28.6 Å². The molecule has 3 atom stereocenters. The first kappa shape index (κ1) is 12.9. The maximum atomic E-state index is 11.3. The Kier molecular flexibility index (Phi) is 3.52. The van der Waals surface area contributed by atoms with Crippen LogP contribution >= 0.6 is 0 Å². The van der Waals surface area contributed by atoms with E-state index in [-0.39, 0.29) is 12.1 Å². The largest absolute Gasteiger partial charge is 0.480 e. The molecule has 1 aliphatic rings. The van der Waals surface area contributed by atoms with E-state index in [0.29, 0.717) is 0 Å². The van der Waals surface area contributed by atoms with Crippen LogP contribution in [0.15, 0.2) is 60.7 Å². The van der Waals surface area contributed by atoms with Crippen molar-refractivity contribution in [1.29, 1.82) is 0 Å². The lowest BCUT2D eigenvalue weighted by molar-refractivity contribution is -0.137. The summed E-state index contributed by atoms with van der Waals surface area (Å²) in [4.78, 5) is 13.4. The van der Waals surface area contributed by atoms with Gasteiger partial charge in [-0.25, -0.2) is 0 Å². The van der Waals surface area contributed by atoms with Gasteiger partial charge in [0, 0.05) is 6.54 Å². The van der Waals surface area contributed by atoms with Crippen LogP contribution < -0.4 is 0 Å². The average Bonchev–Trinajstić information content (AvgIpc) is 3.22. The highest BCUT2D eigenvalue weighted by atomic mass is 16.4. The molecule has 0 bridgehead atoms. The molecule has 0 aliphatic carbocycles. The minimum atomic E-state index is -0.730. The van der Waals surface area contributed by atoms with E-state index >= 15 is 0 Å². The Morgan fingerprint density at radius 2 is 1.60 bits per heavy atom. The fourth-order valence-electron chi connectivity index (χ4n) is 2.76. The van der Waals surface area contributed by atoms with Crippen molar-refractivity contribution in [2.75, 3.05) is 6.54 Å². The number of hydrogen-bond acceptors (Lipinski definition) is 2. The highest BCUT2D eigenvalue weighted by molar-refractivity contribution is 5.78. The monoisotopic (exact) mass is 267 g/mol. The molecule has 1 heterocycles. The Hall–Kier alpha value is -2.13. The van der Waals surface area contributed by atoms with Gasteiger partial charge in [0.2, 0.25) is 0 Å². The Morgan fingerprint density at radius 3 is 2.20 bits per heavy atom. The fraction of sp³-hybridized carbons (Fsp3) is 0.235. The van der Waals surface area contributed by atoms with E-state index in [2.05, 4.69) is 12.1 Å². The maximum absolute atomic E-state index is 11.3. The molecule has 1 saturated heterocycles. The Morgan fingerprint density at radius 1 is 1.00 bits per heavy atom. The second-order valence-electron chi connectivity index (χ2n) is 5.11. The molecule has 102 valence electrons. The first-order chi connectivity index (χ1) is 9.77. The van der Waals surface area contributed by atoms with E-state index in [0.717, 1.165) is 18.5 Å². The minimum Gasteiger partial charge on any atom is -0.480 e. The number of carboxylic acids is 1. The molecule has 0 radical (unpaired) electrons. The lowest BCUT2D eigenvalue weighted by atomic mass is 10.1. The Balaban J connectivity index is 1.68. The molecule has 1 unspecified atom stereocenters. The van der Waals surface area contributed by atoms with Crippen molar-refractivity contribution in [2.24, 2.45) is 0 Å². The first-order valence-corrected chi connectivity index (χ1v) is 6.85. The maximum Gasteiger partial charge on any atom is 0.322 e. The van der Waals surface area contributed by atoms with E-state index in [1.807, 2.05) is 53.4 Å². The molecule has 2 aromatic carbocycles. The Bertz CT molecular complexity index is 582. The van der Waals surface area contributed by atoms with Gasteiger partial charge in [0.25, 0.3) is 0 Å². The van der Waals surface area contributed by atoms with Crippen LogP contribution in [0.1, 0.15) is 17.2 Å². The van der Waals surface area contributed by atoms with Crippen LogP contribution in [0.3, 0.4) is 0 Å². The van der Waals surface area contributed by atoms with Gasteiger partial charge < -0.3 is 5.11 Å². The van der Waals surface area contributed by atoms with Crippen molar-refractivity contribution in [1.82, 2.24) is 4.90 Å². The molecule has 1 fully saturated rings. The number of hydrogen-bond donors (Lipinski definition) is 1. The van der Waals surface area contributed by atoms with Crippen LogP contribution in [-0.2, 0) is 11.2 Å². The van der Waals surface area contributed by atoms with Gasteiger partial charge >= 0.3 is 5.97 Å². The predicted octanol–water partition coefficient (Wildman–Crippen LogP) is 2.74. The molecular formula is C17H17NO2. The number of benzene rings is 2. The van der Waals surface area contributed by atoms with Gasteiger partial charge in [-0.15, -0.1) is 0 Å². The molecule has 0 aromatic heterocycles. The number of nitrogens with zero attached hydrogens (tertiary/aromatic N) is 1. The predicted molar refractivity (Wildman–Crippen MR) is 77.5 cm³/mol. The highest BCUT2D eigenvalue weighted by Gasteiger charge is 2.52. The van der Waals surface area contributed by atoms with Gasteiger partial charge in [0.15, 0.2) is 0 Å². The highest BCUT2D eigenvalue weighted by Crippen LogP contribution is 2.43. The lowest BCUT2D eigenvalue weighted by Gasteiger charge is -2.04. The zero-order valence-corrected chi connectivity index (χ0v) is 11.1. The summed E-state index contributed by atoms with van der Waals surface area (Å²) in [6.07, 6.45) is 0.883. The second kappa shape index (κ2) is 5.47. The van der Waals surface area contributed by atoms with Crippen molar-refractivity contribution in [3.05, 3.63) is 71.8 Å². The van der Waals surface area contributed by atoms with Crippen molar-refractivity contribution in [3.8, 4) is 0 Å². The van der Waals surface area contributed by atoms with Crippen molar-refractivity contribution < 1.29 is 9.90 Å². The van der Waals surface area contributed by atoms with Gasteiger partial charge in [-0.2, -0.15) is 0 Å². The smallest absolute Gasteiger partial charge is 0.322 e. The summed E-state index contributed by atoms with van der Waals surface area (Å²) in [5.41, 5.74) is 2.34. The van der Waals surface area contributed by atoms with E-state index in [4.69, 9.17) is 0 Å². The standard InChI is InChI=1S/C17H17NO2/c19-17(20)16-15(14-9-5-2-6-10-14)18(16)12-11-13-7-3-1-4-8-13/h1-10,15-16H,11-12H2,(H,19,20)/t15-,16-,18?/m0/s1. The van der Waals surface area contributed by atoms with Crippen LogP contribution in [0.25, 0.3) is 0 Å². The fourth-order valence-corrected chi connectivity index (χ4v) is 2.76. The van der Waals surface area contributed by atoms with Crippen LogP contribution in [0.2, 0.25) is 0 Å². The molecule has 1 N–H and O–H groups in total. The van der Waals surface area contributed by atoms with Crippen molar-refractivity contribution >= 4 is 5.97 Å². The average molecular weight is 267 g/mol. The minimum absolute atomic E-state index is 0.0254. The van der Waals surface area contributed by atoms with Crippen molar-refractivity contribution in [2.45, 2.75) is 18.5 Å². The number of rotatable bonds is 5. The second-order valence-corrected chi connectivity index (χ2v) is 5.11. The Labute approximate surface area is 118 Å². The summed E-state index contributed by atoms with van der Waals surface area (Å²) in [6, 6.07) is 19.7. The van der Waals surface area contributed by atoms with E-state index < -0.39 is 5.97 Å². The van der Waals surface area contributed by atoms with Crippen molar-refractivity contribution in [3.63, 3.8) is 0 Å². The van der Waals surface area contributed by atoms with Gasteiger partial charge in [-0.1, -0.05) is 60.7 Å². The van der Waals surface area contributed by atoms with Gasteiger partial charge in [0.05, 0.1) is 6.04 Å². The summed E-state index contributed by atoms with van der Waals surface area (Å²) < 4.78 is 0. The molecule has 3 heteroatoms. The summed E-state index contributed by atoms with van der Waals surface area (Å²) in [7, 11) is 0. The molecule has 0 saturated carbocycles. The SMILES string of the molecule is O=C(O)[C@@H]1[C@H](c2ccccc2)N1CCc1ccccc1. The van der Waals surface area contributed by atoms with Gasteiger partial charge in [-0.05, 0) is 17.5 Å². The number of aliphatic carboxylic acids is 1. The molecule has 3 rings (SSSR count). The van der Waals surface area contributed by atoms with E-state index in [1.54, 1.807) is 0 Å². The van der Waals surface area contributed by atoms with E-state index in [9.17, 15) is 9.90 Å². The molecule has 0 spiro atoms. The molecule has 20 heavy (non-hydrogen) atoms. The number of carboxylic acid groups (broad SMARTS) is 1. The van der Waals surface area contributed by atoms with Crippen LogP contribution in [0, 0.1) is 0 Å². The third-order valence-corrected chi connectivity index (χ3v) is 3.82. The van der Waals surface area contributed by atoms with E-state index in [1.165, 1.54) is 5.56 Å². The van der Waals surface area contributed by atoms with Gasteiger partial charge in [0.1, 0.15) is 6.04 Å². The van der Waals surface area contributed by atoms with Crippen LogP contribution in [0.5, 0.6) is 0 Å². The molecule has 3 nitrogen and oxygen atoms in total. The lowest BCUT2D eigenvalue weighted by Crippen LogP contribution is -2.13. The van der Waals surface area contributed by atoms with Crippen LogP contribution in [0.4, 0.5) is 0 Å². The molecule has 0 amide bonds. The summed E-state index contributed by atoms with van der Waals surface area (Å²) in [5.74, 6) is -0.730. The topological polar surface area (TPSA) is 40.3 Å². The molecule has 2 aromatic rings. The normalized spacial score (nSPS) is 24.3. The molecule has 1 aliphatic heterocycles. The zero-order valence-electron chi connectivity index (χ0n) is 11.1.